The van der Waals surface area contributed by atoms with Gasteiger partial charge in [0.2, 0.25) is 11.8 Å². The molecule has 2 amide bonds. The lowest BCUT2D eigenvalue weighted by molar-refractivity contribution is -0.156. The Kier molecular flexibility index (Phi) is 9.21. The monoisotopic (exact) mass is 557 g/mol. The highest BCUT2D eigenvalue weighted by atomic mass is 16.2. The molecule has 0 bridgehead atoms. The Bertz CT molecular complexity index is 1180. The van der Waals surface area contributed by atoms with Gasteiger partial charge in [0.25, 0.3) is 0 Å². The van der Waals surface area contributed by atoms with Gasteiger partial charge in [0.05, 0.1) is 11.4 Å². The molecule has 3 aliphatic rings. The molecule has 222 valence electrons. The summed E-state index contributed by atoms with van der Waals surface area (Å²) in [6.45, 7) is 9.68. The van der Waals surface area contributed by atoms with E-state index < -0.39 is 0 Å². The van der Waals surface area contributed by atoms with E-state index in [0.717, 1.165) is 56.5 Å². The molecule has 3 unspecified atom stereocenters. The maximum Gasteiger partial charge on any atom is 0.226 e. The quantitative estimate of drug-likeness (QED) is 0.321. The average Bonchev–Trinajstić information content (AvgIpc) is 2.94. The zero-order chi connectivity index (χ0) is 29.0. The molecule has 2 aliphatic carbocycles. The van der Waals surface area contributed by atoms with E-state index in [9.17, 15) is 9.59 Å². The van der Waals surface area contributed by atoms with E-state index in [4.69, 9.17) is 0 Å². The number of rotatable bonds is 10. The van der Waals surface area contributed by atoms with Gasteiger partial charge in [-0.1, -0.05) is 70.4 Å². The molecule has 2 heterocycles. The smallest absolute Gasteiger partial charge is 0.226 e. The fourth-order valence-corrected chi connectivity index (χ4v) is 8.34. The summed E-state index contributed by atoms with van der Waals surface area (Å²) in [5.41, 5.74) is 3.23. The van der Waals surface area contributed by atoms with Gasteiger partial charge < -0.3 is 10.2 Å². The highest BCUT2D eigenvalue weighted by Crippen LogP contribution is 2.54. The molecule has 3 fully saturated rings. The van der Waals surface area contributed by atoms with Crippen molar-refractivity contribution in [2.75, 3.05) is 11.9 Å². The SMILES string of the molecule is CCCC(C)C1(c2ccccc2)CCC2(CCC(C(C)CC(=O)Nc3cccnc3C)C(=O)N2CC2CCC2)CC1. The predicted octanol–water partition coefficient (Wildman–Crippen LogP) is 8.08. The number of nitrogens with zero attached hydrogens (tertiary/aromatic N) is 2. The summed E-state index contributed by atoms with van der Waals surface area (Å²) in [7, 11) is 0. The first-order chi connectivity index (χ1) is 19.8. The van der Waals surface area contributed by atoms with Crippen LogP contribution < -0.4 is 5.32 Å². The van der Waals surface area contributed by atoms with Crippen molar-refractivity contribution in [1.82, 2.24) is 9.88 Å². The highest BCUT2D eigenvalue weighted by molar-refractivity contribution is 5.92. The molecule has 41 heavy (non-hydrogen) atoms. The number of carbonyl (C=O) groups excluding carboxylic acids is 2. The van der Waals surface area contributed by atoms with Crippen LogP contribution in [0, 0.1) is 30.6 Å². The Morgan fingerprint density at radius 3 is 2.39 bits per heavy atom. The van der Waals surface area contributed by atoms with Crippen molar-refractivity contribution in [3.63, 3.8) is 0 Å². The third-order valence-electron chi connectivity index (χ3n) is 11.3. The third kappa shape index (κ3) is 6.10. The molecule has 2 saturated carbocycles. The van der Waals surface area contributed by atoms with Crippen LogP contribution in [0.1, 0.15) is 109 Å². The number of likely N-dealkylation sites (tertiary alicyclic amines) is 1. The Morgan fingerprint density at radius 1 is 1.02 bits per heavy atom. The number of carbonyl (C=O) groups is 2. The van der Waals surface area contributed by atoms with Crippen LogP contribution in [0.4, 0.5) is 5.69 Å². The number of hydrogen-bond donors (Lipinski definition) is 1. The van der Waals surface area contributed by atoms with Crippen LogP contribution in [0.25, 0.3) is 0 Å². The largest absolute Gasteiger partial charge is 0.336 e. The molecule has 1 N–H and O–H groups in total. The molecule has 2 aromatic rings. The van der Waals surface area contributed by atoms with Gasteiger partial charge >= 0.3 is 0 Å². The van der Waals surface area contributed by atoms with Crippen molar-refractivity contribution in [3.8, 4) is 0 Å². The van der Waals surface area contributed by atoms with Gasteiger partial charge in [-0.2, -0.15) is 0 Å². The van der Waals surface area contributed by atoms with Crippen LogP contribution in [-0.2, 0) is 15.0 Å². The minimum atomic E-state index is -0.0822. The minimum absolute atomic E-state index is 0.0114. The number of piperidine rings is 1. The summed E-state index contributed by atoms with van der Waals surface area (Å²) in [5.74, 6) is 1.48. The van der Waals surface area contributed by atoms with Gasteiger partial charge in [-0.05, 0) is 99.2 Å². The second-order valence-electron chi connectivity index (χ2n) is 13.7. The number of aryl methyl sites for hydroxylation is 1. The second kappa shape index (κ2) is 12.7. The van der Waals surface area contributed by atoms with E-state index in [1.54, 1.807) is 6.20 Å². The lowest BCUT2D eigenvalue weighted by atomic mass is 9.56. The Hall–Kier alpha value is -2.69. The van der Waals surface area contributed by atoms with E-state index >= 15 is 0 Å². The van der Waals surface area contributed by atoms with Crippen molar-refractivity contribution in [3.05, 3.63) is 59.9 Å². The molecule has 1 aromatic heterocycles. The highest BCUT2D eigenvalue weighted by Gasteiger charge is 2.53. The molecule has 1 aliphatic heterocycles. The van der Waals surface area contributed by atoms with Crippen molar-refractivity contribution < 1.29 is 9.59 Å². The van der Waals surface area contributed by atoms with Crippen LogP contribution in [0.5, 0.6) is 0 Å². The normalized spacial score (nSPS) is 28.2. The maximum atomic E-state index is 14.4. The topological polar surface area (TPSA) is 62.3 Å². The predicted molar refractivity (Wildman–Crippen MR) is 167 cm³/mol. The summed E-state index contributed by atoms with van der Waals surface area (Å²) >= 11 is 0. The second-order valence-corrected chi connectivity index (χ2v) is 13.7. The number of benzene rings is 1. The van der Waals surface area contributed by atoms with Gasteiger partial charge in [0.15, 0.2) is 0 Å². The number of nitrogens with one attached hydrogen (secondary N) is 1. The molecule has 0 radical (unpaired) electrons. The van der Waals surface area contributed by atoms with Crippen LogP contribution >= 0.6 is 0 Å². The first kappa shape index (κ1) is 29.8. The zero-order valence-corrected chi connectivity index (χ0v) is 25.8. The van der Waals surface area contributed by atoms with Gasteiger partial charge in [-0.25, -0.2) is 0 Å². The number of hydrogen-bond acceptors (Lipinski definition) is 3. The molecular weight excluding hydrogens is 506 g/mol. The average molecular weight is 558 g/mol. The summed E-state index contributed by atoms with van der Waals surface area (Å²) in [5, 5.41) is 3.03. The molecule has 5 nitrogen and oxygen atoms in total. The van der Waals surface area contributed by atoms with E-state index in [1.807, 2.05) is 19.1 Å². The van der Waals surface area contributed by atoms with Crippen LogP contribution in [0.15, 0.2) is 48.7 Å². The third-order valence-corrected chi connectivity index (χ3v) is 11.3. The van der Waals surface area contributed by atoms with E-state index in [-0.39, 0.29) is 28.7 Å². The lowest BCUT2D eigenvalue weighted by Gasteiger charge is -2.58. The molecular formula is C36H51N3O2. The van der Waals surface area contributed by atoms with Crippen molar-refractivity contribution in [2.24, 2.45) is 23.7 Å². The number of pyridine rings is 1. The van der Waals surface area contributed by atoms with Crippen molar-refractivity contribution in [1.29, 1.82) is 0 Å². The first-order valence-electron chi connectivity index (χ1n) is 16.4. The molecule has 3 atom stereocenters. The lowest BCUT2D eigenvalue weighted by Crippen LogP contribution is -2.62. The van der Waals surface area contributed by atoms with Gasteiger partial charge in [-0.3, -0.25) is 14.6 Å². The first-order valence-corrected chi connectivity index (χ1v) is 16.4. The number of amides is 2. The molecule has 1 aromatic carbocycles. The van der Waals surface area contributed by atoms with E-state index in [2.05, 4.69) is 66.3 Å². The van der Waals surface area contributed by atoms with Crippen molar-refractivity contribution >= 4 is 17.5 Å². The summed E-state index contributed by atoms with van der Waals surface area (Å²) in [4.78, 5) is 34.0. The molecule has 1 saturated heterocycles. The number of aromatic nitrogens is 1. The Balaban J connectivity index is 1.32. The fraction of sp³-hybridized carbons (Fsp3) is 0.639. The Labute approximate surface area is 247 Å². The standard InChI is InChI=1S/C36H51N3O2/c1-5-11-27(3)36(30-14-7-6-8-15-30)21-19-35(20-22-36)18-17-31(34(41)39(35)25-29-12-9-13-29)26(2)24-33(40)38-32-16-10-23-37-28(32)4/h6-8,10,14-16,23,26-27,29,31H,5,9,11-13,17-22,24-25H2,1-4H3,(H,38,40). The summed E-state index contributed by atoms with van der Waals surface area (Å²) in [6, 6.07) is 15.0. The van der Waals surface area contributed by atoms with Gasteiger partial charge in [-0.15, -0.1) is 0 Å². The van der Waals surface area contributed by atoms with Gasteiger partial charge in [0, 0.05) is 30.6 Å². The zero-order valence-electron chi connectivity index (χ0n) is 25.8. The molecule has 1 spiro atoms. The summed E-state index contributed by atoms with van der Waals surface area (Å²) in [6.07, 6.45) is 14.8. The molecule has 5 heteroatoms. The Morgan fingerprint density at radius 2 is 1.76 bits per heavy atom. The van der Waals surface area contributed by atoms with Gasteiger partial charge in [0.1, 0.15) is 0 Å². The van der Waals surface area contributed by atoms with Crippen LogP contribution in [0.3, 0.4) is 0 Å². The fourth-order valence-electron chi connectivity index (χ4n) is 8.34. The van der Waals surface area contributed by atoms with Crippen LogP contribution in [0.2, 0.25) is 0 Å². The summed E-state index contributed by atoms with van der Waals surface area (Å²) < 4.78 is 0. The molecule has 5 rings (SSSR count). The number of anilines is 1. The van der Waals surface area contributed by atoms with E-state index in [1.165, 1.54) is 37.7 Å². The van der Waals surface area contributed by atoms with E-state index in [0.29, 0.717) is 24.2 Å². The minimum Gasteiger partial charge on any atom is -0.336 e. The van der Waals surface area contributed by atoms with Crippen LogP contribution in [-0.4, -0.2) is 33.8 Å². The van der Waals surface area contributed by atoms with Crippen molar-refractivity contribution in [2.45, 2.75) is 116 Å². The maximum absolute atomic E-state index is 14.4.